The second kappa shape index (κ2) is 7.63. The van der Waals surface area contributed by atoms with Gasteiger partial charge in [0.05, 0.1) is 10.7 Å². The number of benzene rings is 2. The Morgan fingerprint density at radius 1 is 1.19 bits per heavy atom. The average molecular weight is 386 g/mol. The summed E-state index contributed by atoms with van der Waals surface area (Å²) < 4.78 is 12.5. The molecule has 0 radical (unpaired) electrons. The van der Waals surface area contributed by atoms with Crippen molar-refractivity contribution in [2.45, 2.75) is 12.5 Å². The fraction of sp³-hybridized carbons (Fsp3) is 0.222. The molecule has 1 aromatic heterocycles. The number of aromatic nitrogens is 4. The maximum atomic E-state index is 13.0. The van der Waals surface area contributed by atoms with E-state index < -0.39 is 6.04 Å². The predicted molar refractivity (Wildman–Crippen MR) is 98.1 cm³/mol. The Morgan fingerprint density at radius 2 is 1.93 bits per heavy atom. The van der Waals surface area contributed by atoms with Gasteiger partial charge in [0.15, 0.2) is 11.5 Å². The van der Waals surface area contributed by atoms with Crippen molar-refractivity contribution in [3.8, 4) is 11.5 Å². The van der Waals surface area contributed by atoms with E-state index in [1.165, 1.54) is 11.0 Å². The van der Waals surface area contributed by atoms with Crippen LogP contribution in [0.1, 0.15) is 11.6 Å². The molecule has 0 bridgehead atoms. The number of halogens is 1. The first-order valence-electron chi connectivity index (χ1n) is 8.37. The summed E-state index contributed by atoms with van der Waals surface area (Å²) in [6.45, 7) is 0.913. The number of anilines is 1. The van der Waals surface area contributed by atoms with Crippen LogP contribution in [-0.2, 0) is 11.2 Å². The molecule has 138 valence electrons. The highest BCUT2D eigenvalue weighted by Crippen LogP contribution is 2.38. The van der Waals surface area contributed by atoms with Crippen molar-refractivity contribution >= 4 is 23.2 Å². The van der Waals surface area contributed by atoms with Gasteiger partial charge in [-0.15, -0.1) is 5.10 Å². The standard InChI is InChI=1S/C18H16ClN5O3/c19-13-9-16-17(27-7-6-26-16)10-14(13)21-18(25)15(24-11-20-22-23-24)8-12-4-2-1-3-5-12/h1-5,9-11,15H,6-8H2,(H,21,25). The third-order valence-corrected chi connectivity index (χ3v) is 4.46. The fourth-order valence-electron chi connectivity index (χ4n) is 2.83. The summed E-state index contributed by atoms with van der Waals surface area (Å²) in [7, 11) is 0. The molecule has 1 atom stereocenters. The number of nitrogens with zero attached hydrogens (tertiary/aromatic N) is 4. The molecular weight excluding hydrogens is 370 g/mol. The Bertz CT molecular complexity index is 934. The molecule has 1 amide bonds. The fourth-order valence-corrected chi connectivity index (χ4v) is 3.03. The normalized spacial score (nSPS) is 13.8. The van der Waals surface area contributed by atoms with Crippen LogP contribution < -0.4 is 14.8 Å². The second-order valence-corrected chi connectivity index (χ2v) is 6.37. The molecular formula is C18H16ClN5O3. The predicted octanol–water partition coefficient (Wildman–Crippen LogP) is 2.52. The molecule has 1 N–H and O–H groups in total. The number of carbonyl (C=O) groups is 1. The summed E-state index contributed by atoms with van der Waals surface area (Å²) in [6, 6.07) is 12.3. The minimum absolute atomic E-state index is 0.287. The number of fused-ring (bicyclic) bond motifs is 1. The van der Waals surface area contributed by atoms with Crippen molar-refractivity contribution in [3.05, 3.63) is 59.4 Å². The Hall–Kier alpha value is -3.13. The van der Waals surface area contributed by atoms with Crippen molar-refractivity contribution in [3.63, 3.8) is 0 Å². The van der Waals surface area contributed by atoms with Crippen molar-refractivity contribution in [2.24, 2.45) is 0 Å². The van der Waals surface area contributed by atoms with Crippen LogP contribution in [0.4, 0.5) is 5.69 Å². The van der Waals surface area contributed by atoms with Crippen LogP contribution in [0.15, 0.2) is 48.8 Å². The van der Waals surface area contributed by atoms with E-state index in [1.807, 2.05) is 30.3 Å². The minimum atomic E-state index is -0.633. The Labute approximate surface area is 160 Å². The average Bonchev–Trinajstić information content (AvgIpc) is 3.22. The topological polar surface area (TPSA) is 91.2 Å². The highest BCUT2D eigenvalue weighted by atomic mass is 35.5. The lowest BCUT2D eigenvalue weighted by molar-refractivity contribution is -0.119. The van der Waals surface area contributed by atoms with Crippen LogP contribution in [-0.4, -0.2) is 39.3 Å². The Balaban J connectivity index is 1.59. The molecule has 9 heteroatoms. The summed E-state index contributed by atoms with van der Waals surface area (Å²) in [6.07, 6.45) is 1.85. The van der Waals surface area contributed by atoms with E-state index in [4.69, 9.17) is 21.1 Å². The first kappa shape index (κ1) is 17.3. The highest BCUT2D eigenvalue weighted by Gasteiger charge is 2.24. The summed E-state index contributed by atoms with van der Waals surface area (Å²) in [5.41, 5.74) is 1.43. The van der Waals surface area contributed by atoms with Gasteiger partial charge < -0.3 is 14.8 Å². The quantitative estimate of drug-likeness (QED) is 0.725. The van der Waals surface area contributed by atoms with Gasteiger partial charge in [0.2, 0.25) is 5.91 Å². The van der Waals surface area contributed by atoms with Crippen molar-refractivity contribution in [1.82, 2.24) is 20.2 Å². The van der Waals surface area contributed by atoms with Gasteiger partial charge in [-0.25, -0.2) is 4.68 Å². The van der Waals surface area contributed by atoms with Crippen LogP contribution in [0.2, 0.25) is 5.02 Å². The first-order chi connectivity index (χ1) is 13.2. The Kier molecular flexibility index (Phi) is 4.88. The molecule has 27 heavy (non-hydrogen) atoms. The SMILES string of the molecule is O=C(Nc1cc2c(cc1Cl)OCCO2)C(Cc1ccccc1)n1cnnn1. The van der Waals surface area contributed by atoms with Gasteiger partial charge in [0.1, 0.15) is 25.6 Å². The van der Waals surface area contributed by atoms with Crippen molar-refractivity contribution in [2.75, 3.05) is 18.5 Å². The molecule has 0 saturated heterocycles. The van der Waals surface area contributed by atoms with E-state index in [2.05, 4.69) is 20.8 Å². The number of tetrazole rings is 1. The zero-order valence-electron chi connectivity index (χ0n) is 14.2. The largest absolute Gasteiger partial charge is 0.486 e. The monoisotopic (exact) mass is 385 g/mol. The van der Waals surface area contributed by atoms with Crippen LogP contribution in [0.25, 0.3) is 0 Å². The number of nitrogens with one attached hydrogen (secondary N) is 1. The number of hydrogen-bond donors (Lipinski definition) is 1. The van der Waals surface area contributed by atoms with Crippen LogP contribution in [0.5, 0.6) is 11.5 Å². The molecule has 8 nitrogen and oxygen atoms in total. The number of hydrogen-bond acceptors (Lipinski definition) is 6. The van der Waals surface area contributed by atoms with Crippen LogP contribution in [0, 0.1) is 0 Å². The molecule has 2 aromatic carbocycles. The van der Waals surface area contributed by atoms with E-state index in [9.17, 15) is 4.79 Å². The third-order valence-electron chi connectivity index (χ3n) is 4.15. The lowest BCUT2D eigenvalue weighted by atomic mass is 10.1. The number of amides is 1. The van der Waals surface area contributed by atoms with Gasteiger partial charge in [-0.3, -0.25) is 4.79 Å². The zero-order chi connectivity index (χ0) is 18.6. The smallest absolute Gasteiger partial charge is 0.249 e. The molecule has 0 fully saturated rings. The molecule has 0 aliphatic carbocycles. The van der Waals surface area contributed by atoms with Gasteiger partial charge >= 0.3 is 0 Å². The van der Waals surface area contributed by atoms with Gasteiger partial charge in [-0.05, 0) is 16.0 Å². The van der Waals surface area contributed by atoms with Gasteiger partial charge in [0.25, 0.3) is 0 Å². The molecule has 1 aliphatic rings. The molecule has 2 heterocycles. The number of ether oxygens (including phenoxy) is 2. The molecule has 0 saturated carbocycles. The summed E-state index contributed by atoms with van der Waals surface area (Å²) >= 11 is 6.30. The van der Waals surface area contributed by atoms with Crippen LogP contribution in [0.3, 0.4) is 0 Å². The lowest BCUT2D eigenvalue weighted by Crippen LogP contribution is -2.28. The number of carbonyl (C=O) groups excluding carboxylic acids is 1. The van der Waals surface area contributed by atoms with E-state index in [0.717, 1.165) is 5.56 Å². The maximum Gasteiger partial charge on any atom is 0.249 e. The van der Waals surface area contributed by atoms with E-state index >= 15 is 0 Å². The molecule has 3 aromatic rings. The minimum Gasteiger partial charge on any atom is -0.486 e. The van der Waals surface area contributed by atoms with Crippen molar-refractivity contribution in [1.29, 1.82) is 0 Å². The highest BCUT2D eigenvalue weighted by molar-refractivity contribution is 6.34. The van der Waals surface area contributed by atoms with Crippen molar-refractivity contribution < 1.29 is 14.3 Å². The summed E-state index contributed by atoms with van der Waals surface area (Å²) in [5, 5.41) is 14.4. The van der Waals surface area contributed by atoms with Gasteiger partial charge in [-0.2, -0.15) is 0 Å². The molecule has 1 unspecified atom stereocenters. The summed E-state index contributed by atoms with van der Waals surface area (Å²) in [5.74, 6) is 0.818. The van der Waals surface area contributed by atoms with Gasteiger partial charge in [-0.1, -0.05) is 41.9 Å². The summed E-state index contributed by atoms with van der Waals surface area (Å²) in [4.78, 5) is 13.0. The van der Waals surface area contributed by atoms with E-state index in [0.29, 0.717) is 41.8 Å². The number of rotatable bonds is 5. The lowest BCUT2D eigenvalue weighted by Gasteiger charge is -2.21. The maximum absolute atomic E-state index is 13.0. The zero-order valence-corrected chi connectivity index (χ0v) is 15.0. The first-order valence-corrected chi connectivity index (χ1v) is 8.75. The molecule has 0 spiro atoms. The third kappa shape index (κ3) is 3.85. The Morgan fingerprint density at radius 3 is 2.63 bits per heavy atom. The van der Waals surface area contributed by atoms with E-state index in [1.54, 1.807) is 12.1 Å². The van der Waals surface area contributed by atoms with Crippen LogP contribution >= 0.6 is 11.6 Å². The molecule has 4 rings (SSSR count). The van der Waals surface area contributed by atoms with E-state index in [-0.39, 0.29) is 5.91 Å². The second-order valence-electron chi connectivity index (χ2n) is 5.96. The van der Waals surface area contributed by atoms with Gasteiger partial charge in [0, 0.05) is 18.6 Å². The molecule has 1 aliphatic heterocycles.